The van der Waals surface area contributed by atoms with Crippen molar-refractivity contribution in [3.63, 3.8) is 0 Å². The topological polar surface area (TPSA) is 55.8 Å². The van der Waals surface area contributed by atoms with Crippen molar-refractivity contribution in [1.29, 1.82) is 0 Å². The molecule has 0 unspecified atom stereocenters. The molecule has 18 heavy (non-hydrogen) atoms. The molecular formula is C14H16O4. The van der Waals surface area contributed by atoms with Gasteiger partial charge in [0.05, 0.1) is 18.6 Å². The van der Waals surface area contributed by atoms with Crippen LogP contribution in [0.4, 0.5) is 0 Å². The first-order valence-corrected chi connectivity index (χ1v) is 6.32. The monoisotopic (exact) mass is 248 g/mol. The molecule has 1 N–H and O–H groups in total. The first-order valence-electron chi connectivity index (χ1n) is 6.32. The summed E-state index contributed by atoms with van der Waals surface area (Å²) < 4.78 is 11.2. The van der Waals surface area contributed by atoms with Gasteiger partial charge in [0.25, 0.3) is 0 Å². The lowest BCUT2D eigenvalue weighted by Crippen LogP contribution is -2.17. The Bertz CT molecular complexity index is 477. The molecule has 1 aromatic carbocycles. The average molecular weight is 248 g/mol. The van der Waals surface area contributed by atoms with Gasteiger partial charge in [-0.1, -0.05) is 6.07 Å². The van der Waals surface area contributed by atoms with E-state index in [1.165, 1.54) is 0 Å². The van der Waals surface area contributed by atoms with Gasteiger partial charge in [-0.05, 0) is 37.0 Å². The summed E-state index contributed by atoms with van der Waals surface area (Å²) in [6.45, 7) is 1.33. The van der Waals surface area contributed by atoms with Crippen LogP contribution in [0.2, 0.25) is 0 Å². The quantitative estimate of drug-likeness (QED) is 0.891. The molecule has 0 amide bonds. The first-order chi connectivity index (χ1) is 8.70. The van der Waals surface area contributed by atoms with Crippen LogP contribution in [-0.2, 0) is 11.2 Å². The molecule has 0 atom stereocenters. The highest BCUT2D eigenvalue weighted by Crippen LogP contribution is 2.49. The molecule has 3 rings (SSSR count). The second kappa shape index (κ2) is 4.19. The van der Waals surface area contributed by atoms with Crippen molar-refractivity contribution in [3.8, 4) is 11.5 Å². The van der Waals surface area contributed by atoms with E-state index in [9.17, 15) is 9.90 Å². The summed E-state index contributed by atoms with van der Waals surface area (Å²) in [5, 5.41) is 9.19. The van der Waals surface area contributed by atoms with E-state index in [-0.39, 0.29) is 0 Å². The van der Waals surface area contributed by atoms with Crippen LogP contribution in [-0.4, -0.2) is 24.3 Å². The second-order valence-electron chi connectivity index (χ2n) is 5.09. The number of benzene rings is 1. The van der Waals surface area contributed by atoms with Crippen LogP contribution in [0.1, 0.15) is 24.8 Å². The molecule has 0 spiro atoms. The molecule has 4 heteroatoms. The van der Waals surface area contributed by atoms with Gasteiger partial charge in [0, 0.05) is 6.42 Å². The van der Waals surface area contributed by atoms with Gasteiger partial charge in [0.1, 0.15) is 0 Å². The van der Waals surface area contributed by atoms with Gasteiger partial charge in [-0.25, -0.2) is 0 Å². The molecule has 1 aromatic rings. The Morgan fingerprint density at radius 3 is 2.61 bits per heavy atom. The van der Waals surface area contributed by atoms with E-state index in [4.69, 9.17) is 9.47 Å². The van der Waals surface area contributed by atoms with E-state index in [1.807, 2.05) is 18.2 Å². The predicted molar refractivity (Wildman–Crippen MR) is 65.1 cm³/mol. The second-order valence-corrected chi connectivity index (χ2v) is 5.09. The molecule has 1 aliphatic carbocycles. The van der Waals surface area contributed by atoms with Crippen LogP contribution in [0, 0.1) is 5.41 Å². The van der Waals surface area contributed by atoms with E-state index in [1.54, 1.807) is 0 Å². The minimum atomic E-state index is -0.686. The Hall–Kier alpha value is -1.71. The Morgan fingerprint density at radius 1 is 1.22 bits per heavy atom. The Balaban J connectivity index is 1.82. The third-order valence-electron chi connectivity index (χ3n) is 3.66. The fraction of sp³-hybridized carbons (Fsp3) is 0.500. The van der Waals surface area contributed by atoms with Crippen molar-refractivity contribution in [2.24, 2.45) is 5.41 Å². The lowest BCUT2D eigenvalue weighted by molar-refractivity contribution is -0.143. The van der Waals surface area contributed by atoms with E-state index >= 15 is 0 Å². The van der Waals surface area contributed by atoms with Crippen molar-refractivity contribution in [2.45, 2.75) is 25.7 Å². The summed E-state index contributed by atoms with van der Waals surface area (Å²) in [7, 11) is 0. The zero-order chi connectivity index (χ0) is 12.6. The van der Waals surface area contributed by atoms with Crippen molar-refractivity contribution in [2.75, 3.05) is 13.2 Å². The maximum Gasteiger partial charge on any atom is 0.309 e. The molecule has 2 aliphatic rings. The van der Waals surface area contributed by atoms with E-state index in [0.29, 0.717) is 19.6 Å². The van der Waals surface area contributed by atoms with E-state index in [2.05, 4.69) is 0 Å². The lowest BCUT2D eigenvalue weighted by atomic mass is 9.96. The standard InChI is InChI=1S/C14H16O4/c15-13(16)14(4-5-14)9-10-2-3-11-12(8-10)18-7-1-6-17-11/h2-3,8H,1,4-7,9H2,(H,15,16). The fourth-order valence-electron chi connectivity index (χ4n) is 2.33. The van der Waals surface area contributed by atoms with Crippen LogP contribution in [0.15, 0.2) is 18.2 Å². The predicted octanol–water partition coefficient (Wildman–Crippen LogP) is 2.26. The highest BCUT2D eigenvalue weighted by atomic mass is 16.5. The average Bonchev–Trinajstić information content (AvgIpc) is 3.13. The normalized spacial score (nSPS) is 20.0. The van der Waals surface area contributed by atoms with Gasteiger partial charge < -0.3 is 14.6 Å². The smallest absolute Gasteiger partial charge is 0.309 e. The number of rotatable bonds is 3. The third-order valence-corrected chi connectivity index (χ3v) is 3.66. The van der Waals surface area contributed by atoms with Gasteiger partial charge in [-0.15, -0.1) is 0 Å². The first kappa shape index (κ1) is 11.4. The molecular weight excluding hydrogens is 232 g/mol. The number of carboxylic acids is 1. The summed E-state index contributed by atoms with van der Waals surface area (Å²) in [5.41, 5.74) is 0.485. The van der Waals surface area contributed by atoms with Crippen LogP contribution < -0.4 is 9.47 Å². The Morgan fingerprint density at radius 2 is 1.94 bits per heavy atom. The zero-order valence-corrected chi connectivity index (χ0v) is 10.1. The van der Waals surface area contributed by atoms with Crippen molar-refractivity contribution < 1.29 is 19.4 Å². The number of carbonyl (C=O) groups is 1. The highest BCUT2D eigenvalue weighted by molar-refractivity contribution is 5.78. The van der Waals surface area contributed by atoms with Gasteiger partial charge >= 0.3 is 5.97 Å². The van der Waals surface area contributed by atoms with Crippen LogP contribution in [0.3, 0.4) is 0 Å². The highest BCUT2D eigenvalue weighted by Gasteiger charge is 2.50. The Kier molecular flexibility index (Phi) is 2.65. The summed E-state index contributed by atoms with van der Waals surface area (Å²) in [6.07, 6.45) is 3.01. The summed E-state index contributed by atoms with van der Waals surface area (Å²) in [5.74, 6) is 0.817. The third kappa shape index (κ3) is 2.03. The van der Waals surface area contributed by atoms with Crippen LogP contribution in [0.5, 0.6) is 11.5 Å². The lowest BCUT2D eigenvalue weighted by Gasteiger charge is -2.12. The molecule has 1 fully saturated rings. The van der Waals surface area contributed by atoms with Gasteiger partial charge in [0.15, 0.2) is 11.5 Å². The maximum absolute atomic E-state index is 11.2. The molecule has 0 bridgehead atoms. The molecule has 1 aliphatic heterocycles. The largest absolute Gasteiger partial charge is 0.490 e. The van der Waals surface area contributed by atoms with E-state index in [0.717, 1.165) is 36.3 Å². The number of carboxylic acid groups (broad SMARTS) is 1. The molecule has 96 valence electrons. The number of ether oxygens (including phenoxy) is 2. The minimum absolute atomic E-state index is 0.528. The summed E-state index contributed by atoms with van der Waals surface area (Å²) >= 11 is 0. The van der Waals surface area contributed by atoms with Crippen LogP contribution >= 0.6 is 0 Å². The molecule has 0 radical (unpaired) electrons. The van der Waals surface area contributed by atoms with Gasteiger partial charge in [-0.3, -0.25) is 4.79 Å². The zero-order valence-electron chi connectivity index (χ0n) is 10.1. The minimum Gasteiger partial charge on any atom is -0.490 e. The molecule has 1 heterocycles. The number of hydrogen-bond donors (Lipinski definition) is 1. The SMILES string of the molecule is O=C(O)C1(Cc2ccc3c(c2)OCCCO3)CC1. The molecule has 0 aromatic heterocycles. The van der Waals surface area contributed by atoms with Crippen molar-refractivity contribution >= 4 is 5.97 Å². The van der Waals surface area contributed by atoms with E-state index < -0.39 is 11.4 Å². The van der Waals surface area contributed by atoms with Crippen molar-refractivity contribution in [1.82, 2.24) is 0 Å². The maximum atomic E-state index is 11.2. The van der Waals surface area contributed by atoms with Crippen molar-refractivity contribution in [3.05, 3.63) is 23.8 Å². The van der Waals surface area contributed by atoms with Crippen LogP contribution in [0.25, 0.3) is 0 Å². The summed E-state index contributed by atoms with van der Waals surface area (Å²) in [6, 6.07) is 5.74. The number of hydrogen-bond acceptors (Lipinski definition) is 3. The summed E-state index contributed by atoms with van der Waals surface area (Å²) in [4.78, 5) is 11.2. The fourth-order valence-corrected chi connectivity index (χ4v) is 2.33. The number of fused-ring (bicyclic) bond motifs is 1. The molecule has 4 nitrogen and oxygen atoms in total. The van der Waals surface area contributed by atoms with Gasteiger partial charge in [-0.2, -0.15) is 0 Å². The Labute approximate surface area is 106 Å². The number of aliphatic carboxylic acids is 1. The molecule has 0 saturated heterocycles. The molecule has 1 saturated carbocycles. The van der Waals surface area contributed by atoms with Gasteiger partial charge in [0.2, 0.25) is 0 Å².